The largest absolute Gasteiger partial charge is 0.485 e. The van der Waals surface area contributed by atoms with Crippen LogP contribution in [0, 0.1) is 0 Å². The zero-order valence-corrected chi connectivity index (χ0v) is 21.7. The molecule has 1 aliphatic heterocycles. The standard InChI is InChI=1S/C25H21ClF6N2O4S/c1-23(10-11-33-14-23)38-22-12-15(6-8-17(22)24(27,28)29)34-39(35,36)16-7-9-20(18(13-16)25(30,31)32)37-21-5-3-2-4-19(21)26/h2-9,12-13,33-34H,10-11,14H2,1H3/t23-/m1/s1. The van der Waals surface area contributed by atoms with Gasteiger partial charge in [-0.05, 0) is 55.9 Å². The van der Waals surface area contributed by atoms with E-state index >= 15 is 0 Å². The molecule has 3 aromatic carbocycles. The number of sulfonamides is 1. The number of rotatable bonds is 7. The number of anilines is 1. The lowest BCUT2D eigenvalue weighted by molar-refractivity contribution is -0.140. The van der Waals surface area contributed by atoms with Gasteiger partial charge in [-0.1, -0.05) is 23.7 Å². The summed E-state index contributed by atoms with van der Waals surface area (Å²) < 4.78 is 121. The van der Waals surface area contributed by atoms with Gasteiger partial charge in [-0.3, -0.25) is 4.72 Å². The van der Waals surface area contributed by atoms with Crippen LogP contribution in [-0.4, -0.2) is 27.1 Å². The van der Waals surface area contributed by atoms with Crippen molar-refractivity contribution in [2.24, 2.45) is 0 Å². The molecule has 0 aliphatic carbocycles. The minimum Gasteiger partial charge on any atom is -0.485 e. The summed E-state index contributed by atoms with van der Waals surface area (Å²) >= 11 is 5.95. The van der Waals surface area contributed by atoms with Crippen LogP contribution in [0.2, 0.25) is 5.02 Å². The highest BCUT2D eigenvalue weighted by atomic mass is 35.5. The van der Waals surface area contributed by atoms with Gasteiger partial charge in [0.05, 0.1) is 26.7 Å². The molecule has 0 spiro atoms. The Hall–Kier alpha value is -3.16. The second kappa shape index (κ2) is 10.4. The highest BCUT2D eigenvalue weighted by molar-refractivity contribution is 7.92. The molecule has 1 aliphatic rings. The molecule has 0 saturated carbocycles. The van der Waals surface area contributed by atoms with Gasteiger partial charge < -0.3 is 14.8 Å². The van der Waals surface area contributed by atoms with Crippen LogP contribution in [0.15, 0.2) is 65.6 Å². The number of halogens is 7. The van der Waals surface area contributed by atoms with Gasteiger partial charge in [0.25, 0.3) is 10.0 Å². The van der Waals surface area contributed by atoms with Crippen molar-refractivity contribution in [1.82, 2.24) is 5.32 Å². The topological polar surface area (TPSA) is 76.7 Å². The predicted octanol–water partition coefficient (Wildman–Crippen LogP) is 7.10. The van der Waals surface area contributed by atoms with Crippen molar-refractivity contribution in [2.45, 2.75) is 36.2 Å². The fourth-order valence-corrected chi connectivity index (χ4v) is 5.15. The van der Waals surface area contributed by atoms with Crippen molar-refractivity contribution >= 4 is 27.3 Å². The summed E-state index contributed by atoms with van der Waals surface area (Å²) in [5.41, 5.74) is -3.84. The SMILES string of the molecule is C[C@@]1(Oc2cc(NS(=O)(=O)c3ccc(Oc4ccccc4Cl)c(C(F)(F)F)c3)ccc2C(F)(F)F)CCNC1. The van der Waals surface area contributed by atoms with E-state index < -0.39 is 55.5 Å². The average molecular weight is 595 g/mol. The highest BCUT2D eigenvalue weighted by Crippen LogP contribution is 2.42. The quantitative estimate of drug-likeness (QED) is 0.285. The minimum atomic E-state index is -5.01. The number of hydrogen-bond donors (Lipinski definition) is 2. The van der Waals surface area contributed by atoms with Crippen LogP contribution in [0.4, 0.5) is 32.0 Å². The summed E-state index contributed by atoms with van der Waals surface area (Å²) in [6.07, 6.45) is -9.40. The molecular weight excluding hydrogens is 574 g/mol. The molecule has 39 heavy (non-hydrogen) atoms. The molecule has 0 unspecified atom stereocenters. The number of hydrogen-bond acceptors (Lipinski definition) is 5. The van der Waals surface area contributed by atoms with E-state index in [2.05, 4.69) is 5.32 Å². The smallest absolute Gasteiger partial charge is 0.420 e. The first kappa shape index (κ1) is 28.8. The lowest BCUT2D eigenvalue weighted by atomic mass is 10.1. The number of nitrogens with one attached hydrogen (secondary N) is 2. The summed E-state index contributed by atoms with van der Waals surface area (Å²) in [6.45, 7) is 2.39. The molecule has 1 fully saturated rings. The van der Waals surface area contributed by atoms with Crippen molar-refractivity contribution in [3.05, 3.63) is 76.8 Å². The summed E-state index contributed by atoms with van der Waals surface area (Å²) in [6, 6.07) is 10.2. The van der Waals surface area contributed by atoms with E-state index in [9.17, 15) is 34.8 Å². The summed E-state index contributed by atoms with van der Waals surface area (Å²) in [5.74, 6) is -1.40. The van der Waals surface area contributed by atoms with E-state index in [1.54, 1.807) is 13.0 Å². The van der Waals surface area contributed by atoms with E-state index in [0.717, 1.165) is 24.3 Å². The van der Waals surface area contributed by atoms with Gasteiger partial charge in [-0.25, -0.2) is 8.42 Å². The maximum Gasteiger partial charge on any atom is 0.420 e. The molecule has 4 rings (SSSR count). The first-order valence-corrected chi connectivity index (χ1v) is 13.2. The zero-order valence-electron chi connectivity index (χ0n) is 20.1. The van der Waals surface area contributed by atoms with Crippen molar-refractivity contribution in [3.8, 4) is 17.2 Å². The molecule has 0 radical (unpaired) electrons. The third kappa shape index (κ3) is 6.71. The van der Waals surface area contributed by atoms with Crippen molar-refractivity contribution in [3.63, 3.8) is 0 Å². The molecule has 1 atom stereocenters. The zero-order chi connectivity index (χ0) is 28.6. The Kier molecular flexibility index (Phi) is 7.71. The van der Waals surface area contributed by atoms with Gasteiger partial charge >= 0.3 is 12.4 Å². The molecule has 3 aromatic rings. The van der Waals surface area contributed by atoms with E-state index in [4.69, 9.17) is 21.1 Å². The molecule has 0 amide bonds. The van der Waals surface area contributed by atoms with Crippen molar-refractivity contribution in [1.29, 1.82) is 0 Å². The molecular formula is C25H21ClF6N2O4S. The minimum absolute atomic E-state index is 0.0339. The molecule has 1 heterocycles. The number of alkyl halides is 6. The van der Waals surface area contributed by atoms with Crippen LogP contribution in [0.3, 0.4) is 0 Å². The molecule has 0 aromatic heterocycles. The van der Waals surface area contributed by atoms with Gasteiger partial charge in [0, 0.05) is 19.0 Å². The maximum atomic E-state index is 13.8. The van der Waals surface area contributed by atoms with Crippen LogP contribution in [0.5, 0.6) is 17.2 Å². The predicted molar refractivity (Wildman–Crippen MR) is 132 cm³/mol. The van der Waals surface area contributed by atoms with Gasteiger partial charge in [0.2, 0.25) is 0 Å². The van der Waals surface area contributed by atoms with Gasteiger partial charge in [0.1, 0.15) is 22.8 Å². The second-order valence-corrected chi connectivity index (χ2v) is 11.1. The van der Waals surface area contributed by atoms with Gasteiger partial charge in [-0.2, -0.15) is 26.3 Å². The first-order valence-electron chi connectivity index (χ1n) is 11.3. The van der Waals surface area contributed by atoms with Gasteiger partial charge in [-0.15, -0.1) is 0 Å². The number of para-hydroxylation sites is 1. The highest BCUT2D eigenvalue weighted by Gasteiger charge is 2.39. The van der Waals surface area contributed by atoms with Crippen LogP contribution < -0.4 is 19.5 Å². The average Bonchev–Trinajstić information content (AvgIpc) is 3.25. The van der Waals surface area contributed by atoms with Crippen molar-refractivity contribution < 1.29 is 44.2 Å². The lowest BCUT2D eigenvalue weighted by Crippen LogP contribution is -2.35. The summed E-state index contributed by atoms with van der Waals surface area (Å²) in [5, 5.41) is 3.01. The van der Waals surface area contributed by atoms with Crippen molar-refractivity contribution in [2.75, 3.05) is 17.8 Å². The Labute approximate surface area is 224 Å². The Bertz CT molecular complexity index is 1470. The fourth-order valence-electron chi connectivity index (χ4n) is 3.90. The molecule has 210 valence electrons. The maximum absolute atomic E-state index is 13.8. The Morgan fingerprint density at radius 2 is 1.59 bits per heavy atom. The normalized spacial score (nSPS) is 18.2. The second-order valence-electron chi connectivity index (χ2n) is 8.98. The Morgan fingerprint density at radius 3 is 2.21 bits per heavy atom. The molecule has 0 bridgehead atoms. The van der Waals surface area contributed by atoms with Crippen LogP contribution >= 0.6 is 11.6 Å². The number of ether oxygens (including phenoxy) is 2. The van der Waals surface area contributed by atoms with Crippen LogP contribution in [0.25, 0.3) is 0 Å². The monoisotopic (exact) mass is 594 g/mol. The van der Waals surface area contributed by atoms with E-state index in [1.165, 1.54) is 18.2 Å². The Morgan fingerprint density at radius 1 is 0.897 bits per heavy atom. The van der Waals surface area contributed by atoms with Crippen LogP contribution in [-0.2, 0) is 22.4 Å². The summed E-state index contributed by atoms with van der Waals surface area (Å²) in [7, 11) is -4.68. The van der Waals surface area contributed by atoms with E-state index in [-0.39, 0.29) is 23.0 Å². The van der Waals surface area contributed by atoms with Crippen LogP contribution in [0.1, 0.15) is 24.5 Å². The fraction of sp³-hybridized carbons (Fsp3) is 0.280. The van der Waals surface area contributed by atoms with Gasteiger partial charge in [0.15, 0.2) is 0 Å². The Balaban J connectivity index is 1.67. The molecule has 14 heteroatoms. The van der Waals surface area contributed by atoms with E-state index in [1.807, 2.05) is 4.72 Å². The number of benzene rings is 3. The summed E-state index contributed by atoms with van der Waals surface area (Å²) in [4.78, 5) is -0.796. The third-order valence-electron chi connectivity index (χ3n) is 5.85. The van der Waals surface area contributed by atoms with E-state index in [0.29, 0.717) is 25.1 Å². The first-order chi connectivity index (χ1) is 18.1. The molecule has 6 nitrogen and oxygen atoms in total. The molecule has 1 saturated heterocycles. The molecule has 2 N–H and O–H groups in total. The lowest BCUT2D eigenvalue weighted by Gasteiger charge is -2.27. The third-order valence-corrected chi connectivity index (χ3v) is 7.54.